The molecule has 1 N–H and O–H groups in total. The number of ether oxygens (including phenoxy) is 2. The Bertz CT molecular complexity index is 704. The van der Waals surface area contributed by atoms with Gasteiger partial charge in [-0.3, -0.25) is 4.79 Å². The molecule has 5 nitrogen and oxygen atoms in total. The van der Waals surface area contributed by atoms with Crippen molar-refractivity contribution in [2.75, 3.05) is 11.9 Å². The van der Waals surface area contributed by atoms with E-state index in [1.165, 1.54) is 31.2 Å². The van der Waals surface area contributed by atoms with Gasteiger partial charge in [0.1, 0.15) is 11.6 Å². The van der Waals surface area contributed by atoms with Crippen molar-refractivity contribution >= 4 is 33.5 Å². The van der Waals surface area contributed by atoms with Crippen LogP contribution >= 0.6 is 15.9 Å². The van der Waals surface area contributed by atoms with Crippen molar-refractivity contribution in [3.8, 4) is 5.75 Å². The van der Waals surface area contributed by atoms with Gasteiger partial charge in [-0.15, -0.1) is 0 Å². The molecule has 0 saturated heterocycles. The van der Waals surface area contributed by atoms with Crippen LogP contribution in [0.15, 0.2) is 53.0 Å². The van der Waals surface area contributed by atoms with Gasteiger partial charge in [0.05, 0.1) is 0 Å². The van der Waals surface area contributed by atoms with Gasteiger partial charge in [0.15, 0.2) is 12.7 Å². The lowest BCUT2D eigenvalue weighted by Gasteiger charge is -2.14. The van der Waals surface area contributed by atoms with E-state index in [0.29, 0.717) is 11.4 Å². The van der Waals surface area contributed by atoms with E-state index in [9.17, 15) is 14.0 Å². The maximum Gasteiger partial charge on any atom is 0.347 e. The Morgan fingerprint density at radius 3 is 2.38 bits per heavy atom. The fraction of sp³-hybridized carbons (Fsp3) is 0.176. The summed E-state index contributed by atoms with van der Waals surface area (Å²) in [5.74, 6) is -1.22. The maximum atomic E-state index is 12.8. The second-order valence-electron chi connectivity index (χ2n) is 4.88. The fourth-order valence-electron chi connectivity index (χ4n) is 1.75. The van der Waals surface area contributed by atoms with Crippen LogP contribution in [0.5, 0.6) is 5.75 Å². The van der Waals surface area contributed by atoms with Crippen molar-refractivity contribution in [1.29, 1.82) is 0 Å². The third kappa shape index (κ3) is 5.66. The van der Waals surface area contributed by atoms with Crippen molar-refractivity contribution in [3.05, 3.63) is 58.8 Å². The Labute approximate surface area is 146 Å². The highest BCUT2D eigenvalue weighted by Gasteiger charge is 2.18. The topological polar surface area (TPSA) is 64.6 Å². The minimum absolute atomic E-state index is 0.333. The standard InChI is InChI=1S/C17H15BrFNO4/c1-11(24-15-8-4-13(19)5-9-15)17(22)23-10-16(21)20-14-6-2-12(18)3-7-14/h2-9,11H,10H2,1H3,(H,20,21)/t11-/m0/s1. The summed E-state index contributed by atoms with van der Waals surface area (Å²) in [6.07, 6.45) is -0.920. The summed E-state index contributed by atoms with van der Waals surface area (Å²) in [6, 6.07) is 12.2. The molecule has 0 heterocycles. The molecule has 0 aliphatic heterocycles. The minimum Gasteiger partial charge on any atom is -0.479 e. The molecular weight excluding hydrogens is 381 g/mol. The highest BCUT2D eigenvalue weighted by atomic mass is 79.9. The molecule has 126 valence electrons. The van der Waals surface area contributed by atoms with Crippen LogP contribution in [0.3, 0.4) is 0 Å². The van der Waals surface area contributed by atoms with Crippen molar-refractivity contribution in [1.82, 2.24) is 0 Å². The van der Waals surface area contributed by atoms with E-state index in [1.807, 2.05) is 0 Å². The molecule has 0 unspecified atom stereocenters. The monoisotopic (exact) mass is 395 g/mol. The molecule has 0 aliphatic carbocycles. The first-order valence-corrected chi connectivity index (χ1v) is 7.87. The summed E-state index contributed by atoms with van der Waals surface area (Å²) in [5.41, 5.74) is 0.592. The first kappa shape index (κ1) is 17.9. The van der Waals surface area contributed by atoms with Gasteiger partial charge in [-0.25, -0.2) is 9.18 Å². The summed E-state index contributed by atoms with van der Waals surface area (Å²) in [7, 11) is 0. The second kappa shape index (κ2) is 8.44. The zero-order chi connectivity index (χ0) is 17.5. The van der Waals surface area contributed by atoms with Crippen molar-refractivity contribution in [2.45, 2.75) is 13.0 Å². The Morgan fingerprint density at radius 2 is 1.75 bits per heavy atom. The van der Waals surface area contributed by atoms with Crippen molar-refractivity contribution < 1.29 is 23.5 Å². The molecule has 0 spiro atoms. The first-order chi connectivity index (χ1) is 11.4. The number of benzene rings is 2. The van der Waals surface area contributed by atoms with E-state index in [1.54, 1.807) is 24.3 Å². The summed E-state index contributed by atoms with van der Waals surface area (Å²) < 4.78 is 23.9. The molecule has 2 aromatic rings. The Kier molecular flexibility index (Phi) is 6.31. The lowest BCUT2D eigenvalue weighted by atomic mass is 10.3. The lowest BCUT2D eigenvalue weighted by molar-refractivity contribution is -0.153. The molecule has 0 aromatic heterocycles. The van der Waals surface area contributed by atoms with Crippen molar-refractivity contribution in [3.63, 3.8) is 0 Å². The first-order valence-electron chi connectivity index (χ1n) is 7.08. The van der Waals surface area contributed by atoms with Crippen LogP contribution in [0.25, 0.3) is 0 Å². The van der Waals surface area contributed by atoms with Gasteiger partial charge >= 0.3 is 5.97 Å². The number of carbonyl (C=O) groups is 2. The molecule has 1 atom stereocenters. The van der Waals surface area contributed by atoms with Gasteiger partial charge in [-0.1, -0.05) is 15.9 Å². The van der Waals surface area contributed by atoms with Gasteiger partial charge in [0.25, 0.3) is 5.91 Å². The molecule has 1 amide bonds. The number of amides is 1. The Hall–Kier alpha value is -2.41. The number of nitrogens with one attached hydrogen (secondary N) is 1. The summed E-state index contributed by atoms with van der Waals surface area (Å²) in [5, 5.41) is 2.60. The van der Waals surface area contributed by atoms with E-state index in [-0.39, 0.29) is 0 Å². The molecule has 7 heteroatoms. The van der Waals surface area contributed by atoms with Gasteiger partial charge < -0.3 is 14.8 Å². The normalized spacial score (nSPS) is 11.5. The van der Waals surface area contributed by atoms with Crippen LogP contribution in [-0.2, 0) is 14.3 Å². The van der Waals surface area contributed by atoms with Gasteiger partial charge in [-0.2, -0.15) is 0 Å². The predicted molar refractivity (Wildman–Crippen MR) is 90.2 cm³/mol. The Morgan fingerprint density at radius 1 is 1.12 bits per heavy atom. The van der Waals surface area contributed by atoms with Gasteiger partial charge in [0.2, 0.25) is 0 Å². The molecule has 24 heavy (non-hydrogen) atoms. The fourth-order valence-corrected chi connectivity index (χ4v) is 2.01. The predicted octanol–water partition coefficient (Wildman–Crippen LogP) is 3.54. The van der Waals surface area contributed by atoms with Crippen LogP contribution < -0.4 is 10.1 Å². The highest BCUT2D eigenvalue weighted by Crippen LogP contribution is 2.15. The van der Waals surface area contributed by atoms with Gasteiger partial charge in [0, 0.05) is 10.2 Å². The number of hydrogen-bond donors (Lipinski definition) is 1. The highest BCUT2D eigenvalue weighted by molar-refractivity contribution is 9.10. The zero-order valence-corrected chi connectivity index (χ0v) is 14.4. The molecule has 0 fully saturated rings. The number of carbonyl (C=O) groups excluding carboxylic acids is 2. The van der Waals surface area contributed by atoms with E-state index in [2.05, 4.69) is 21.2 Å². The number of rotatable bonds is 6. The molecule has 0 radical (unpaired) electrons. The van der Waals surface area contributed by atoms with E-state index >= 15 is 0 Å². The average Bonchev–Trinajstić information content (AvgIpc) is 2.57. The largest absolute Gasteiger partial charge is 0.479 e. The number of halogens is 2. The average molecular weight is 396 g/mol. The third-order valence-corrected chi connectivity index (χ3v) is 3.46. The van der Waals surface area contributed by atoms with Crippen LogP contribution in [0.2, 0.25) is 0 Å². The molecule has 2 rings (SSSR count). The minimum atomic E-state index is -0.920. The van der Waals surface area contributed by atoms with E-state index in [4.69, 9.17) is 9.47 Å². The van der Waals surface area contributed by atoms with Crippen LogP contribution in [0.1, 0.15) is 6.92 Å². The van der Waals surface area contributed by atoms with Crippen molar-refractivity contribution in [2.24, 2.45) is 0 Å². The maximum absolute atomic E-state index is 12.8. The van der Waals surface area contributed by atoms with Crippen LogP contribution in [-0.4, -0.2) is 24.6 Å². The quantitative estimate of drug-likeness (QED) is 0.759. The number of esters is 1. The summed E-state index contributed by atoms with van der Waals surface area (Å²) >= 11 is 3.29. The zero-order valence-electron chi connectivity index (χ0n) is 12.8. The molecular formula is C17H15BrFNO4. The molecule has 2 aromatic carbocycles. The number of hydrogen-bond acceptors (Lipinski definition) is 4. The summed E-state index contributed by atoms with van der Waals surface area (Å²) in [4.78, 5) is 23.5. The van der Waals surface area contributed by atoms with E-state index < -0.39 is 30.4 Å². The van der Waals surface area contributed by atoms with E-state index in [0.717, 1.165) is 4.47 Å². The lowest BCUT2D eigenvalue weighted by Crippen LogP contribution is -2.29. The molecule has 0 bridgehead atoms. The molecule has 0 saturated carbocycles. The summed E-state index contributed by atoms with van der Waals surface area (Å²) in [6.45, 7) is 1.06. The second-order valence-corrected chi connectivity index (χ2v) is 5.79. The molecule has 0 aliphatic rings. The SMILES string of the molecule is C[C@H](Oc1ccc(F)cc1)C(=O)OCC(=O)Nc1ccc(Br)cc1. The third-order valence-electron chi connectivity index (χ3n) is 2.93. The van der Waals surface area contributed by atoms with Crippen LogP contribution in [0, 0.1) is 5.82 Å². The van der Waals surface area contributed by atoms with Crippen LogP contribution in [0.4, 0.5) is 10.1 Å². The number of anilines is 1. The van der Waals surface area contributed by atoms with Gasteiger partial charge in [-0.05, 0) is 55.5 Å². The smallest absolute Gasteiger partial charge is 0.347 e. The Balaban J connectivity index is 1.77.